The van der Waals surface area contributed by atoms with Gasteiger partial charge in [-0.3, -0.25) is 4.90 Å². The molecule has 2 atom stereocenters. The molecule has 0 radical (unpaired) electrons. The molecule has 0 aromatic heterocycles. The zero-order valence-electron chi connectivity index (χ0n) is 12.8. The number of hydrogen-bond donors (Lipinski definition) is 1. The molecule has 0 saturated carbocycles. The van der Waals surface area contributed by atoms with Gasteiger partial charge in [-0.25, -0.2) is 8.78 Å². The summed E-state index contributed by atoms with van der Waals surface area (Å²) in [5, 5.41) is 3.56. The van der Waals surface area contributed by atoms with Gasteiger partial charge in [0.15, 0.2) is 11.6 Å². The zero-order chi connectivity index (χ0) is 15.5. The number of nitrogens with one attached hydrogen (secondary N) is 1. The lowest BCUT2D eigenvalue weighted by Crippen LogP contribution is -2.37. The molecule has 0 unspecified atom stereocenters. The van der Waals surface area contributed by atoms with E-state index in [-0.39, 0.29) is 12.1 Å². The van der Waals surface area contributed by atoms with Gasteiger partial charge in [0.25, 0.3) is 0 Å². The number of ether oxygens (including phenoxy) is 1. The van der Waals surface area contributed by atoms with Crippen molar-refractivity contribution < 1.29 is 13.5 Å². The van der Waals surface area contributed by atoms with Crippen LogP contribution in [-0.2, 0) is 4.74 Å². The lowest BCUT2D eigenvalue weighted by Gasteiger charge is -2.27. The van der Waals surface area contributed by atoms with Crippen LogP contribution in [-0.4, -0.2) is 44.3 Å². The number of nitrogens with zero attached hydrogens (tertiary/aromatic N) is 1. The smallest absolute Gasteiger partial charge is 0.159 e. The highest BCUT2D eigenvalue weighted by Gasteiger charge is 2.33. The van der Waals surface area contributed by atoms with Gasteiger partial charge >= 0.3 is 0 Å². The minimum atomic E-state index is -0.793. The topological polar surface area (TPSA) is 24.5 Å². The first-order valence-electron chi connectivity index (χ1n) is 7.79. The Balaban J connectivity index is 1.70. The Hall–Kier alpha value is -1.30. The van der Waals surface area contributed by atoms with E-state index in [1.54, 1.807) is 6.07 Å². The minimum absolute atomic E-state index is 0.0696. The number of benzene rings is 1. The van der Waals surface area contributed by atoms with E-state index in [4.69, 9.17) is 4.74 Å². The molecule has 3 nitrogen and oxygen atoms in total. The molecule has 0 spiro atoms. The van der Waals surface area contributed by atoms with Gasteiger partial charge in [0.1, 0.15) is 0 Å². The fourth-order valence-corrected chi connectivity index (χ4v) is 3.34. The standard InChI is InChI=1S/C17H22F2N2O/c1-21-7-6-16(20-10-12-3-2-8-22-11-12)17(21)13-4-5-14(18)15(19)9-13/h3-5,9,16-17,20H,2,6-8,10-11H2,1H3/t16-,17+/m0/s1. The van der Waals surface area contributed by atoms with Crippen LogP contribution >= 0.6 is 0 Å². The first-order valence-corrected chi connectivity index (χ1v) is 7.79. The minimum Gasteiger partial charge on any atom is -0.377 e. The predicted octanol–water partition coefficient (Wildman–Crippen LogP) is 2.65. The summed E-state index contributed by atoms with van der Waals surface area (Å²) in [6.45, 7) is 3.22. The van der Waals surface area contributed by atoms with Gasteiger partial charge in [-0.05, 0) is 43.2 Å². The summed E-state index contributed by atoms with van der Waals surface area (Å²) in [5.41, 5.74) is 2.09. The summed E-state index contributed by atoms with van der Waals surface area (Å²) < 4.78 is 32.1. The van der Waals surface area contributed by atoms with Crippen molar-refractivity contribution in [3.05, 3.63) is 47.0 Å². The lowest BCUT2D eigenvalue weighted by molar-refractivity contribution is 0.148. The van der Waals surface area contributed by atoms with Crippen molar-refractivity contribution in [2.45, 2.75) is 24.9 Å². The van der Waals surface area contributed by atoms with Crippen molar-refractivity contribution in [2.75, 3.05) is 33.4 Å². The molecule has 5 heteroatoms. The molecular formula is C17H22F2N2O. The second-order valence-corrected chi connectivity index (χ2v) is 6.08. The largest absolute Gasteiger partial charge is 0.377 e. The van der Waals surface area contributed by atoms with Crippen molar-refractivity contribution in [2.24, 2.45) is 0 Å². The molecule has 120 valence electrons. The molecule has 3 rings (SSSR count). The van der Waals surface area contributed by atoms with Crippen LogP contribution in [0.4, 0.5) is 8.78 Å². The van der Waals surface area contributed by atoms with Crippen molar-refractivity contribution in [1.82, 2.24) is 10.2 Å². The first kappa shape index (κ1) is 15.6. The van der Waals surface area contributed by atoms with Crippen molar-refractivity contribution in [3.8, 4) is 0 Å². The molecule has 22 heavy (non-hydrogen) atoms. The molecular weight excluding hydrogens is 286 g/mol. The Kier molecular flexibility index (Phi) is 4.86. The third-order valence-electron chi connectivity index (χ3n) is 4.51. The highest BCUT2D eigenvalue weighted by molar-refractivity contribution is 5.24. The van der Waals surface area contributed by atoms with Gasteiger partial charge in [-0.1, -0.05) is 12.1 Å². The third-order valence-corrected chi connectivity index (χ3v) is 4.51. The second-order valence-electron chi connectivity index (χ2n) is 6.08. The SMILES string of the molecule is CN1CC[C@H](NCC2=CCCOC2)[C@H]1c1ccc(F)c(F)c1. The zero-order valence-corrected chi connectivity index (χ0v) is 12.8. The van der Waals surface area contributed by atoms with Gasteiger partial charge in [0.2, 0.25) is 0 Å². The molecule has 2 aliphatic heterocycles. The summed E-state index contributed by atoms with van der Waals surface area (Å²) >= 11 is 0. The number of likely N-dealkylation sites (N-methyl/N-ethyl adjacent to an activating group) is 1. The fraction of sp³-hybridized carbons (Fsp3) is 0.529. The quantitative estimate of drug-likeness (QED) is 0.866. The van der Waals surface area contributed by atoms with Crippen molar-refractivity contribution in [3.63, 3.8) is 0 Å². The molecule has 1 fully saturated rings. The maximum atomic E-state index is 13.5. The average molecular weight is 308 g/mol. The summed E-state index contributed by atoms with van der Waals surface area (Å²) in [6.07, 6.45) is 4.18. The highest BCUT2D eigenvalue weighted by atomic mass is 19.2. The van der Waals surface area contributed by atoms with Gasteiger partial charge in [-0.2, -0.15) is 0 Å². The number of halogens is 2. The van der Waals surface area contributed by atoms with Crippen molar-refractivity contribution in [1.29, 1.82) is 0 Å². The Morgan fingerprint density at radius 1 is 1.32 bits per heavy atom. The maximum Gasteiger partial charge on any atom is 0.159 e. The van der Waals surface area contributed by atoms with Crippen LogP contribution in [0.1, 0.15) is 24.4 Å². The monoisotopic (exact) mass is 308 g/mol. The van der Waals surface area contributed by atoms with Gasteiger partial charge in [0, 0.05) is 25.2 Å². The van der Waals surface area contributed by atoms with E-state index in [0.29, 0.717) is 6.61 Å². The Morgan fingerprint density at radius 2 is 2.18 bits per heavy atom. The van der Waals surface area contributed by atoms with Gasteiger partial charge < -0.3 is 10.1 Å². The lowest BCUT2D eigenvalue weighted by atomic mass is 9.99. The van der Waals surface area contributed by atoms with Crippen LogP contribution in [0.2, 0.25) is 0 Å². The van der Waals surface area contributed by atoms with E-state index in [1.165, 1.54) is 17.7 Å². The second kappa shape index (κ2) is 6.86. The number of likely N-dealkylation sites (tertiary alicyclic amines) is 1. The van der Waals surface area contributed by atoms with Crippen LogP contribution in [0.25, 0.3) is 0 Å². The van der Waals surface area contributed by atoms with Crippen molar-refractivity contribution >= 4 is 0 Å². The first-order chi connectivity index (χ1) is 10.6. The number of rotatable bonds is 4. The molecule has 1 saturated heterocycles. The molecule has 2 heterocycles. The van der Waals surface area contributed by atoms with Gasteiger partial charge in [-0.15, -0.1) is 0 Å². The molecule has 1 aromatic rings. The Labute approximate surface area is 129 Å². The number of hydrogen-bond acceptors (Lipinski definition) is 3. The van der Waals surface area contributed by atoms with Gasteiger partial charge in [0.05, 0.1) is 13.2 Å². The van der Waals surface area contributed by atoms with Crippen LogP contribution in [0.15, 0.2) is 29.8 Å². The van der Waals surface area contributed by atoms with Crippen LogP contribution in [0.5, 0.6) is 0 Å². The fourth-order valence-electron chi connectivity index (χ4n) is 3.34. The van der Waals surface area contributed by atoms with E-state index in [9.17, 15) is 8.78 Å². The van der Waals surface area contributed by atoms with Crippen LogP contribution < -0.4 is 5.32 Å². The molecule has 2 aliphatic rings. The predicted molar refractivity (Wildman–Crippen MR) is 81.7 cm³/mol. The molecule has 1 aromatic carbocycles. The van der Waals surface area contributed by atoms with E-state index in [2.05, 4.69) is 16.3 Å². The third kappa shape index (κ3) is 3.37. The molecule has 0 amide bonds. The summed E-state index contributed by atoms with van der Waals surface area (Å²) in [7, 11) is 2.02. The van der Waals surface area contributed by atoms with E-state index < -0.39 is 11.6 Å². The molecule has 0 bridgehead atoms. The highest BCUT2D eigenvalue weighted by Crippen LogP contribution is 2.31. The maximum absolute atomic E-state index is 13.5. The Morgan fingerprint density at radius 3 is 2.91 bits per heavy atom. The molecule has 0 aliphatic carbocycles. The van der Waals surface area contributed by atoms with E-state index in [1.807, 2.05) is 7.05 Å². The summed E-state index contributed by atoms with van der Waals surface area (Å²) in [4.78, 5) is 2.19. The van der Waals surface area contributed by atoms with E-state index in [0.717, 1.165) is 38.1 Å². The van der Waals surface area contributed by atoms with Crippen LogP contribution in [0.3, 0.4) is 0 Å². The van der Waals surface area contributed by atoms with Crippen LogP contribution in [0, 0.1) is 11.6 Å². The summed E-state index contributed by atoms with van der Waals surface area (Å²) in [5.74, 6) is -1.57. The molecule has 1 N–H and O–H groups in total. The average Bonchev–Trinajstić information content (AvgIpc) is 2.90. The van der Waals surface area contributed by atoms with E-state index >= 15 is 0 Å². The Bertz CT molecular complexity index is 562. The normalized spacial score (nSPS) is 26.2. The summed E-state index contributed by atoms with van der Waals surface area (Å²) in [6, 6.07) is 4.52.